The SMILES string of the molecule is CC(C)CC(NC(=O)C(CCCN=C(N)N)NC(=O)C(CC(=O)O)NC(=O)C(N)CC(N)=O)C(=O)O. The summed E-state index contributed by atoms with van der Waals surface area (Å²) >= 11 is 0. The molecular weight excluding hydrogens is 480 g/mol. The van der Waals surface area contributed by atoms with E-state index in [9.17, 15) is 33.9 Å². The fourth-order valence-corrected chi connectivity index (χ4v) is 2.98. The first kappa shape index (κ1) is 32.0. The van der Waals surface area contributed by atoms with Gasteiger partial charge in [0.25, 0.3) is 0 Å². The van der Waals surface area contributed by atoms with Gasteiger partial charge in [-0.25, -0.2) is 4.79 Å². The van der Waals surface area contributed by atoms with E-state index in [-0.39, 0.29) is 37.7 Å². The van der Waals surface area contributed by atoms with Crippen LogP contribution in [-0.2, 0) is 28.8 Å². The van der Waals surface area contributed by atoms with Crippen LogP contribution >= 0.6 is 0 Å². The van der Waals surface area contributed by atoms with Crippen molar-refractivity contribution in [2.75, 3.05) is 6.54 Å². The zero-order chi connectivity index (χ0) is 28.0. The molecular formula is C20H36N8O8. The normalized spacial score (nSPS) is 14.0. The van der Waals surface area contributed by atoms with Crippen molar-refractivity contribution in [3.8, 4) is 0 Å². The lowest BCUT2D eigenvalue weighted by Crippen LogP contribution is -2.57. The van der Waals surface area contributed by atoms with E-state index in [1.54, 1.807) is 13.8 Å². The number of nitrogens with two attached hydrogens (primary N) is 4. The number of carboxylic acid groups (broad SMARTS) is 2. The standard InChI is InChI=1S/C20H36N8O8/c1-9(2)6-13(19(35)36)28-17(33)11(4-3-5-25-20(23)24)26-18(34)12(8-15(30)31)27-16(32)10(21)7-14(22)29/h9-13H,3-8,21H2,1-2H3,(H2,22,29)(H,26,34)(H,27,32)(H,28,33)(H,30,31)(H,35,36)(H4,23,24,25). The summed E-state index contributed by atoms with van der Waals surface area (Å²) in [4.78, 5) is 75.4. The summed E-state index contributed by atoms with van der Waals surface area (Å²) in [5, 5.41) is 25.3. The second kappa shape index (κ2) is 15.9. The number of guanidine groups is 1. The highest BCUT2D eigenvalue weighted by molar-refractivity contribution is 5.96. The molecule has 16 nitrogen and oxygen atoms in total. The van der Waals surface area contributed by atoms with Crippen molar-refractivity contribution < 1.29 is 39.0 Å². The molecule has 204 valence electrons. The van der Waals surface area contributed by atoms with Gasteiger partial charge in [0.2, 0.25) is 23.6 Å². The summed E-state index contributed by atoms with van der Waals surface area (Å²) in [7, 11) is 0. The first-order chi connectivity index (χ1) is 16.6. The Hall–Kier alpha value is -3.95. The number of rotatable bonds is 17. The number of amides is 4. The quantitative estimate of drug-likeness (QED) is 0.0514. The lowest BCUT2D eigenvalue weighted by atomic mass is 10.0. The molecule has 4 atom stereocenters. The van der Waals surface area contributed by atoms with E-state index in [4.69, 9.17) is 28.0 Å². The Balaban J connectivity index is 5.67. The minimum Gasteiger partial charge on any atom is -0.481 e. The topological polar surface area (TPSA) is 295 Å². The van der Waals surface area contributed by atoms with E-state index in [1.165, 1.54) is 0 Å². The number of nitrogens with zero attached hydrogens (tertiary/aromatic N) is 1. The predicted molar refractivity (Wildman–Crippen MR) is 127 cm³/mol. The number of carbonyl (C=O) groups excluding carboxylic acids is 4. The maximum atomic E-state index is 12.9. The van der Waals surface area contributed by atoms with Crippen LogP contribution in [0.2, 0.25) is 0 Å². The van der Waals surface area contributed by atoms with Crippen LogP contribution in [0.4, 0.5) is 0 Å². The summed E-state index contributed by atoms with van der Waals surface area (Å²) in [5.74, 6) is -6.77. The molecule has 0 aromatic rings. The smallest absolute Gasteiger partial charge is 0.326 e. The van der Waals surface area contributed by atoms with E-state index >= 15 is 0 Å². The second-order valence-electron chi connectivity index (χ2n) is 8.47. The van der Waals surface area contributed by atoms with E-state index in [1.807, 2.05) is 0 Å². The molecule has 0 rings (SSSR count). The number of aliphatic carboxylic acids is 2. The van der Waals surface area contributed by atoms with Crippen LogP contribution in [0.15, 0.2) is 4.99 Å². The van der Waals surface area contributed by atoms with E-state index in [2.05, 4.69) is 20.9 Å². The van der Waals surface area contributed by atoms with Crippen molar-refractivity contribution in [1.82, 2.24) is 16.0 Å². The zero-order valence-electron chi connectivity index (χ0n) is 20.2. The lowest BCUT2D eigenvalue weighted by molar-refractivity contribution is -0.143. The molecule has 36 heavy (non-hydrogen) atoms. The average Bonchev–Trinajstić information content (AvgIpc) is 2.73. The molecule has 0 radical (unpaired) electrons. The molecule has 0 saturated heterocycles. The number of aliphatic imine (C=N–C) groups is 1. The lowest BCUT2D eigenvalue weighted by Gasteiger charge is -2.25. The molecule has 0 aliphatic heterocycles. The van der Waals surface area contributed by atoms with Gasteiger partial charge in [-0.15, -0.1) is 0 Å². The van der Waals surface area contributed by atoms with Gasteiger partial charge in [0.15, 0.2) is 5.96 Å². The van der Waals surface area contributed by atoms with Gasteiger partial charge in [0, 0.05) is 6.54 Å². The molecule has 4 amide bonds. The van der Waals surface area contributed by atoms with Gasteiger partial charge in [0.1, 0.15) is 18.1 Å². The Labute approximate surface area is 207 Å². The number of primary amides is 1. The van der Waals surface area contributed by atoms with Gasteiger partial charge < -0.3 is 49.1 Å². The Bertz CT molecular complexity index is 844. The predicted octanol–water partition coefficient (Wildman–Crippen LogP) is -3.70. The van der Waals surface area contributed by atoms with Crippen LogP contribution < -0.4 is 38.9 Å². The van der Waals surface area contributed by atoms with Crippen LogP contribution in [0.3, 0.4) is 0 Å². The molecule has 0 fully saturated rings. The summed E-state index contributed by atoms with van der Waals surface area (Å²) < 4.78 is 0. The van der Waals surface area contributed by atoms with Crippen LogP contribution in [0.1, 0.15) is 46.0 Å². The third kappa shape index (κ3) is 13.7. The van der Waals surface area contributed by atoms with E-state index in [0.29, 0.717) is 0 Å². The highest BCUT2D eigenvalue weighted by Crippen LogP contribution is 2.08. The summed E-state index contributed by atoms with van der Waals surface area (Å²) in [5.41, 5.74) is 21.0. The summed E-state index contributed by atoms with van der Waals surface area (Å²) in [6, 6.07) is -5.64. The number of hydrogen-bond acceptors (Lipinski definition) is 8. The highest BCUT2D eigenvalue weighted by atomic mass is 16.4. The van der Waals surface area contributed by atoms with Crippen LogP contribution in [-0.4, -0.2) is 82.5 Å². The molecule has 0 aliphatic rings. The third-order valence-electron chi connectivity index (χ3n) is 4.67. The van der Waals surface area contributed by atoms with Gasteiger partial charge in [-0.1, -0.05) is 13.8 Å². The number of carboxylic acids is 2. The Kier molecular flexibility index (Phi) is 14.1. The monoisotopic (exact) mass is 516 g/mol. The van der Waals surface area contributed by atoms with Crippen LogP contribution in [0.5, 0.6) is 0 Å². The molecule has 16 heteroatoms. The zero-order valence-corrected chi connectivity index (χ0v) is 20.2. The van der Waals surface area contributed by atoms with Crippen molar-refractivity contribution >= 4 is 41.5 Å². The van der Waals surface area contributed by atoms with Gasteiger partial charge in [0.05, 0.1) is 18.9 Å². The first-order valence-corrected chi connectivity index (χ1v) is 11.1. The summed E-state index contributed by atoms with van der Waals surface area (Å²) in [6.07, 6.45) is -1.15. The van der Waals surface area contributed by atoms with Crippen molar-refractivity contribution in [1.29, 1.82) is 0 Å². The average molecular weight is 517 g/mol. The third-order valence-corrected chi connectivity index (χ3v) is 4.67. The van der Waals surface area contributed by atoms with Gasteiger partial charge in [-0.05, 0) is 25.2 Å². The van der Waals surface area contributed by atoms with Crippen molar-refractivity contribution in [2.24, 2.45) is 33.8 Å². The van der Waals surface area contributed by atoms with Crippen molar-refractivity contribution in [3.05, 3.63) is 0 Å². The molecule has 0 saturated carbocycles. The second-order valence-corrected chi connectivity index (χ2v) is 8.47. The fourth-order valence-electron chi connectivity index (χ4n) is 2.98. The Morgan fingerprint density at radius 1 is 0.806 bits per heavy atom. The number of carbonyl (C=O) groups is 6. The fraction of sp³-hybridized carbons (Fsp3) is 0.650. The minimum atomic E-state index is -1.66. The summed E-state index contributed by atoms with van der Waals surface area (Å²) in [6.45, 7) is 3.62. The van der Waals surface area contributed by atoms with E-state index in [0.717, 1.165) is 0 Å². The largest absolute Gasteiger partial charge is 0.481 e. The molecule has 0 aromatic heterocycles. The Morgan fingerprint density at radius 2 is 1.33 bits per heavy atom. The highest BCUT2D eigenvalue weighted by Gasteiger charge is 2.31. The minimum absolute atomic E-state index is 0.0443. The van der Waals surface area contributed by atoms with Crippen molar-refractivity contribution in [3.63, 3.8) is 0 Å². The maximum Gasteiger partial charge on any atom is 0.326 e. The van der Waals surface area contributed by atoms with Gasteiger partial charge in [-0.3, -0.25) is 29.0 Å². The maximum absolute atomic E-state index is 12.9. The molecule has 0 aliphatic carbocycles. The molecule has 0 heterocycles. The molecule has 0 aromatic carbocycles. The van der Waals surface area contributed by atoms with Crippen molar-refractivity contribution in [2.45, 2.75) is 70.1 Å². The Morgan fingerprint density at radius 3 is 1.81 bits per heavy atom. The number of hydrogen-bond donors (Lipinski definition) is 9. The van der Waals surface area contributed by atoms with E-state index < -0.39 is 72.6 Å². The molecule has 0 bridgehead atoms. The van der Waals surface area contributed by atoms with Gasteiger partial charge in [-0.2, -0.15) is 0 Å². The number of nitrogens with one attached hydrogen (secondary N) is 3. The van der Waals surface area contributed by atoms with Gasteiger partial charge >= 0.3 is 11.9 Å². The van der Waals surface area contributed by atoms with Crippen LogP contribution in [0.25, 0.3) is 0 Å². The first-order valence-electron chi connectivity index (χ1n) is 11.1. The molecule has 13 N–H and O–H groups in total. The molecule has 4 unspecified atom stereocenters. The molecule has 0 spiro atoms. The van der Waals surface area contributed by atoms with Crippen LogP contribution in [0, 0.1) is 5.92 Å².